The van der Waals surface area contributed by atoms with E-state index in [4.69, 9.17) is 0 Å². The number of halogens is 1. The van der Waals surface area contributed by atoms with Gasteiger partial charge in [0.15, 0.2) is 0 Å². The lowest BCUT2D eigenvalue weighted by atomic mass is 10.0. The van der Waals surface area contributed by atoms with Crippen LogP contribution in [0.4, 0.5) is 10.1 Å². The van der Waals surface area contributed by atoms with Gasteiger partial charge in [-0.25, -0.2) is 4.39 Å². The van der Waals surface area contributed by atoms with E-state index in [2.05, 4.69) is 6.58 Å². The van der Waals surface area contributed by atoms with Gasteiger partial charge in [0.2, 0.25) is 0 Å². The molecule has 3 nitrogen and oxygen atoms in total. The van der Waals surface area contributed by atoms with E-state index in [0.29, 0.717) is 5.92 Å². The molecule has 0 aliphatic rings. The monoisotopic (exact) mass is 194 g/mol. The Bertz CT molecular complexity index is 376. The van der Waals surface area contributed by atoms with E-state index in [1.54, 1.807) is 6.92 Å². The predicted molar refractivity (Wildman–Crippen MR) is 51.3 cm³/mol. The van der Waals surface area contributed by atoms with E-state index in [9.17, 15) is 14.5 Å². The van der Waals surface area contributed by atoms with Crippen molar-refractivity contribution in [2.24, 2.45) is 0 Å². The zero-order chi connectivity index (χ0) is 10.7. The van der Waals surface area contributed by atoms with Crippen molar-refractivity contribution in [1.82, 2.24) is 0 Å². The van der Waals surface area contributed by atoms with Crippen molar-refractivity contribution in [3.05, 3.63) is 58.3 Å². The molecule has 1 aromatic rings. The maximum absolute atomic E-state index is 13.2. The Hall–Kier alpha value is -1.71. The molecule has 1 radical (unpaired) electrons. The molecule has 0 unspecified atom stereocenters. The number of nitro benzene ring substituents is 1. The molecule has 0 fully saturated rings. The van der Waals surface area contributed by atoms with Gasteiger partial charge in [0.05, 0.1) is 4.92 Å². The Balaban J connectivity index is 3.20. The van der Waals surface area contributed by atoms with Crippen LogP contribution in [0.25, 0.3) is 0 Å². The Kier molecular flexibility index (Phi) is 2.96. The van der Waals surface area contributed by atoms with Crippen molar-refractivity contribution in [1.29, 1.82) is 0 Å². The van der Waals surface area contributed by atoms with Crippen LogP contribution in [0.3, 0.4) is 0 Å². The average Bonchev–Trinajstić information content (AvgIpc) is 2.17. The molecular formula is C10H9FNO2. The number of benzene rings is 1. The number of allylic oxidation sites excluding steroid dienone is 1. The molecule has 4 heteroatoms. The molecule has 1 rings (SSSR count). The van der Waals surface area contributed by atoms with Gasteiger partial charge in [-0.3, -0.25) is 10.1 Å². The van der Waals surface area contributed by atoms with Crippen molar-refractivity contribution in [2.75, 3.05) is 0 Å². The Morgan fingerprint density at radius 3 is 2.79 bits per heavy atom. The largest absolute Gasteiger partial charge is 0.269 e. The van der Waals surface area contributed by atoms with Crippen LogP contribution >= 0.6 is 0 Å². The first kappa shape index (κ1) is 10.4. The summed E-state index contributed by atoms with van der Waals surface area (Å²) in [4.78, 5) is 9.87. The third kappa shape index (κ3) is 1.96. The predicted octanol–water partition coefficient (Wildman–Crippen LogP) is 2.86. The first-order chi connectivity index (χ1) is 6.56. The highest BCUT2D eigenvalue weighted by Crippen LogP contribution is 2.23. The van der Waals surface area contributed by atoms with Crippen LogP contribution in [0.15, 0.2) is 30.9 Å². The standard InChI is InChI=1S/C10H9FNO2/c1-3-7(2)9-6-8(12(13)14)4-5-10(9)11/h3-6H,1H2,2H3. The van der Waals surface area contributed by atoms with Crippen molar-refractivity contribution in [2.45, 2.75) is 6.92 Å². The highest BCUT2D eigenvalue weighted by atomic mass is 19.1. The number of hydrogen-bond donors (Lipinski definition) is 0. The average molecular weight is 194 g/mol. The van der Waals surface area contributed by atoms with E-state index >= 15 is 0 Å². The normalized spacial score (nSPS) is 10.2. The molecule has 0 amide bonds. The third-order valence-corrected chi connectivity index (χ3v) is 1.89. The molecule has 73 valence electrons. The quantitative estimate of drug-likeness (QED) is 0.548. The molecule has 0 atom stereocenters. The second-order valence-electron chi connectivity index (χ2n) is 2.81. The number of nitro groups is 1. The summed E-state index contributed by atoms with van der Waals surface area (Å²) in [5, 5.41) is 10.4. The van der Waals surface area contributed by atoms with Gasteiger partial charge in [-0.15, -0.1) is 6.58 Å². The lowest BCUT2D eigenvalue weighted by Gasteiger charge is -2.06. The first-order valence-corrected chi connectivity index (χ1v) is 3.96. The summed E-state index contributed by atoms with van der Waals surface area (Å²) in [7, 11) is 0. The van der Waals surface area contributed by atoms with E-state index in [0.717, 1.165) is 12.1 Å². The van der Waals surface area contributed by atoms with Crippen LogP contribution in [-0.2, 0) is 0 Å². The van der Waals surface area contributed by atoms with Crippen LogP contribution in [0.2, 0.25) is 0 Å². The van der Waals surface area contributed by atoms with E-state index < -0.39 is 10.7 Å². The van der Waals surface area contributed by atoms with E-state index in [1.165, 1.54) is 12.1 Å². The van der Waals surface area contributed by atoms with Crippen LogP contribution in [0, 0.1) is 21.8 Å². The Morgan fingerprint density at radius 1 is 1.64 bits per heavy atom. The molecule has 0 N–H and O–H groups in total. The molecule has 0 aliphatic heterocycles. The minimum Gasteiger partial charge on any atom is -0.258 e. The fourth-order valence-electron chi connectivity index (χ4n) is 1.04. The minimum atomic E-state index is -0.556. The zero-order valence-electron chi connectivity index (χ0n) is 7.66. The zero-order valence-corrected chi connectivity index (χ0v) is 7.66. The molecule has 0 saturated carbocycles. The van der Waals surface area contributed by atoms with Crippen LogP contribution in [-0.4, -0.2) is 4.92 Å². The second-order valence-corrected chi connectivity index (χ2v) is 2.81. The van der Waals surface area contributed by atoms with Gasteiger partial charge in [0.25, 0.3) is 5.69 Å². The number of hydrogen-bond acceptors (Lipinski definition) is 2. The number of non-ortho nitro benzene ring substituents is 1. The molecule has 0 aromatic heterocycles. The number of nitrogens with zero attached hydrogens (tertiary/aromatic N) is 1. The van der Waals surface area contributed by atoms with Gasteiger partial charge in [-0.05, 0) is 6.07 Å². The molecule has 14 heavy (non-hydrogen) atoms. The number of rotatable bonds is 3. The van der Waals surface area contributed by atoms with Crippen molar-refractivity contribution in [3.8, 4) is 0 Å². The van der Waals surface area contributed by atoms with Gasteiger partial charge in [0, 0.05) is 23.6 Å². The lowest BCUT2D eigenvalue weighted by molar-refractivity contribution is -0.385. The van der Waals surface area contributed by atoms with Gasteiger partial charge < -0.3 is 0 Å². The maximum atomic E-state index is 13.2. The van der Waals surface area contributed by atoms with Crippen LogP contribution < -0.4 is 0 Å². The maximum Gasteiger partial charge on any atom is 0.269 e. The third-order valence-electron chi connectivity index (χ3n) is 1.89. The van der Waals surface area contributed by atoms with Gasteiger partial charge in [-0.2, -0.15) is 0 Å². The molecular weight excluding hydrogens is 185 g/mol. The second kappa shape index (κ2) is 4.00. The summed E-state index contributed by atoms with van der Waals surface area (Å²) in [6, 6.07) is 3.42. The summed E-state index contributed by atoms with van der Waals surface area (Å²) in [5.74, 6) is 0.0965. The minimum absolute atomic E-state index is 0.123. The molecule has 0 saturated heterocycles. The molecule has 0 aliphatic carbocycles. The summed E-state index contributed by atoms with van der Waals surface area (Å²) in [5.41, 5.74) is 0.0943. The van der Waals surface area contributed by atoms with Crippen molar-refractivity contribution < 1.29 is 9.31 Å². The van der Waals surface area contributed by atoms with Gasteiger partial charge in [0.1, 0.15) is 5.82 Å². The van der Waals surface area contributed by atoms with E-state index in [1.807, 2.05) is 0 Å². The first-order valence-electron chi connectivity index (χ1n) is 3.96. The van der Waals surface area contributed by atoms with Gasteiger partial charge >= 0.3 is 0 Å². The fraction of sp³-hybridized carbons (Fsp3) is 0.100. The summed E-state index contributed by atoms with van der Waals surface area (Å²) >= 11 is 0. The Labute approximate surface area is 81.0 Å². The smallest absolute Gasteiger partial charge is 0.258 e. The summed E-state index contributed by atoms with van der Waals surface area (Å²) in [6.07, 6.45) is 1.46. The molecule has 1 aromatic carbocycles. The molecule has 0 bridgehead atoms. The molecule has 0 spiro atoms. The van der Waals surface area contributed by atoms with Crippen molar-refractivity contribution in [3.63, 3.8) is 0 Å². The lowest BCUT2D eigenvalue weighted by Crippen LogP contribution is -1.97. The highest BCUT2D eigenvalue weighted by molar-refractivity contribution is 5.44. The van der Waals surface area contributed by atoms with E-state index in [-0.39, 0.29) is 11.3 Å². The topological polar surface area (TPSA) is 43.1 Å². The molecule has 0 heterocycles. The summed E-state index contributed by atoms with van der Waals surface area (Å²) < 4.78 is 13.2. The SMILES string of the molecule is C=C[C](C)c1cc([N+](=O)[O-])ccc1F. The van der Waals surface area contributed by atoms with Crippen LogP contribution in [0.1, 0.15) is 12.5 Å². The summed E-state index contributed by atoms with van der Waals surface area (Å²) in [6.45, 7) is 5.13. The highest BCUT2D eigenvalue weighted by Gasteiger charge is 2.13. The van der Waals surface area contributed by atoms with Crippen LogP contribution in [0.5, 0.6) is 0 Å². The fourth-order valence-corrected chi connectivity index (χ4v) is 1.04. The van der Waals surface area contributed by atoms with Crippen molar-refractivity contribution >= 4 is 5.69 Å². The Morgan fingerprint density at radius 2 is 2.29 bits per heavy atom. The van der Waals surface area contributed by atoms with Gasteiger partial charge in [-0.1, -0.05) is 13.0 Å².